The molecule has 0 atom stereocenters. The van der Waals surface area contributed by atoms with E-state index in [-0.39, 0.29) is 11.6 Å². The van der Waals surface area contributed by atoms with E-state index >= 15 is 0 Å². The van der Waals surface area contributed by atoms with Gasteiger partial charge in [-0.15, -0.1) is 0 Å². The SMILES string of the molecule is [2H]C([2H])([2H])Oc1cnc(C(=O)Cl)cn1. The molecule has 0 unspecified atom stereocenters. The molecule has 11 heavy (non-hydrogen) atoms. The zero-order chi connectivity index (χ0) is 10.8. The maximum absolute atomic E-state index is 10.6. The molecule has 0 aromatic carbocycles. The first-order valence-electron chi connectivity index (χ1n) is 4.09. The summed E-state index contributed by atoms with van der Waals surface area (Å²) in [4.78, 5) is 17.6. The molecule has 0 bridgehead atoms. The van der Waals surface area contributed by atoms with Gasteiger partial charge in [-0.2, -0.15) is 0 Å². The van der Waals surface area contributed by atoms with E-state index in [1.165, 1.54) is 0 Å². The van der Waals surface area contributed by atoms with E-state index in [0.29, 0.717) is 0 Å². The van der Waals surface area contributed by atoms with E-state index in [2.05, 4.69) is 14.7 Å². The molecule has 1 rings (SSSR count). The number of methoxy groups -OCH3 is 1. The molecule has 5 heteroatoms. The first kappa shape index (κ1) is 4.66. The lowest BCUT2D eigenvalue weighted by atomic mass is 10.5. The zero-order valence-electron chi connectivity index (χ0n) is 8.24. The highest BCUT2D eigenvalue weighted by molar-refractivity contribution is 6.67. The van der Waals surface area contributed by atoms with Gasteiger partial charge in [-0.25, -0.2) is 9.97 Å². The van der Waals surface area contributed by atoms with Crippen LogP contribution in [0.25, 0.3) is 0 Å². The van der Waals surface area contributed by atoms with E-state index in [4.69, 9.17) is 15.7 Å². The summed E-state index contributed by atoms with van der Waals surface area (Å²) in [5, 5.41) is -0.766. The number of carbonyl (C=O) groups excluding carboxylic acids is 1. The molecule has 4 nitrogen and oxygen atoms in total. The minimum atomic E-state index is -2.58. The highest BCUT2D eigenvalue weighted by atomic mass is 35.5. The summed E-state index contributed by atoms with van der Waals surface area (Å²) in [5.74, 6) is -0.188. The molecule has 0 N–H and O–H groups in total. The van der Waals surface area contributed by atoms with Gasteiger partial charge in [-0.05, 0) is 11.6 Å². The Hall–Kier alpha value is -1.16. The molecular weight excluding hydrogens is 168 g/mol. The van der Waals surface area contributed by atoms with E-state index in [0.717, 1.165) is 12.4 Å². The fraction of sp³-hybridized carbons (Fsp3) is 0.167. The van der Waals surface area contributed by atoms with Gasteiger partial charge >= 0.3 is 0 Å². The van der Waals surface area contributed by atoms with E-state index in [1.54, 1.807) is 0 Å². The van der Waals surface area contributed by atoms with Crippen LogP contribution in [0.3, 0.4) is 0 Å². The first-order chi connectivity index (χ1) is 6.38. The van der Waals surface area contributed by atoms with Gasteiger partial charge in [-0.3, -0.25) is 4.79 Å². The fourth-order valence-corrected chi connectivity index (χ4v) is 0.568. The maximum atomic E-state index is 10.6. The van der Waals surface area contributed by atoms with Crippen LogP contribution < -0.4 is 4.74 Å². The molecule has 0 fully saturated rings. The molecule has 0 saturated carbocycles. The Balaban J connectivity index is 2.79. The largest absolute Gasteiger partial charge is 0.480 e. The highest BCUT2D eigenvalue weighted by Crippen LogP contribution is 2.03. The number of halogens is 1. The van der Waals surface area contributed by atoms with E-state index in [1.807, 2.05) is 0 Å². The topological polar surface area (TPSA) is 52.1 Å². The minimum Gasteiger partial charge on any atom is -0.480 e. The van der Waals surface area contributed by atoms with Crippen LogP contribution in [0, 0.1) is 0 Å². The van der Waals surface area contributed by atoms with Crippen LogP contribution in [0.15, 0.2) is 12.4 Å². The lowest BCUT2D eigenvalue weighted by molar-refractivity contribution is 0.107. The predicted octanol–water partition coefficient (Wildman–Crippen LogP) is 0.864. The number of hydrogen-bond donors (Lipinski definition) is 0. The summed E-state index contributed by atoms with van der Waals surface area (Å²) in [6.45, 7) is 0. The third-order valence-electron chi connectivity index (χ3n) is 0.934. The van der Waals surface area contributed by atoms with Crippen LogP contribution in [0.1, 0.15) is 14.6 Å². The van der Waals surface area contributed by atoms with Gasteiger partial charge in [0.05, 0.1) is 23.5 Å². The van der Waals surface area contributed by atoms with Crippen molar-refractivity contribution in [2.75, 3.05) is 7.04 Å². The Labute approximate surface area is 72.4 Å². The lowest BCUT2D eigenvalue weighted by Gasteiger charge is -1.95. The average Bonchev–Trinajstić information content (AvgIpc) is 2.02. The molecule has 0 aliphatic carbocycles. The van der Waals surface area contributed by atoms with Gasteiger partial charge in [0.15, 0.2) is 0 Å². The quantitative estimate of drug-likeness (QED) is 0.626. The summed E-state index contributed by atoms with van der Waals surface area (Å²) in [6, 6.07) is 0. The molecule has 0 radical (unpaired) electrons. The van der Waals surface area contributed by atoms with Crippen molar-refractivity contribution in [3.63, 3.8) is 0 Å². The standard InChI is InChI=1S/C6H5ClN2O2/c1-11-5-3-8-4(2-9-5)6(7)10/h2-3H,1H3/i1D3. The van der Waals surface area contributed by atoms with Crippen molar-refractivity contribution in [3.05, 3.63) is 18.1 Å². The number of hydrogen-bond acceptors (Lipinski definition) is 4. The first-order valence-corrected chi connectivity index (χ1v) is 2.97. The molecule has 0 aliphatic rings. The molecule has 1 heterocycles. The monoisotopic (exact) mass is 175 g/mol. The third-order valence-corrected chi connectivity index (χ3v) is 1.13. The maximum Gasteiger partial charge on any atom is 0.272 e. The van der Waals surface area contributed by atoms with Crippen LogP contribution in [-0.4, -0.2) is 22.2 Å². The lowest BCUT2D eigenvalue weighted by Crippen LogP contribution is -1.96. The van der Waals surface area contributed by atoms with E-state index in [9.17, 15) is 4.79 Å². The van der Waals surface area contributed by atoms with Crippen molar-refractivity contribution in [2.45, 2.75) is 0 Å². The summed E-state index contributed by atoms with van der Waals surface area (Å²) < 4.78 is 24.7. The van der Waals surface area contributed by atoms with Crippen molar-refractivity contribution in [2.24, 2.45) is 0 Å². The number of aromatic nitrogens is 2. The van der Waals surface area contributed by atoms with Crippen LogP contribution in [0.4, 0.5) is 0 Å². The van der Waals surface area contributed by atoms with E-state index < -0.39 is 12.3 Å². The zero-order valence-corrected chi connectivity index (χ0v) is 6.00. The van der Waals surface area contributed by atoms with Gasteiger partial charge in [0.1, 0.15) is 5.69 Å². The summed E-state index contributed by atoms with van der Waals surface area (Å²) in [5.41, 5.74) is -0.0652. The van der Waals surface area contributed by atoms with Crippen LogP contribution in [0.5, 0.6) is 5.88 Å². The van der Waals surface area contributed by atoms with Crippen molar-refractivity contribution in [3.8, 4) is 5.88 Å². The summed E-state index contributed by atoms with van der Waals surface area (Å²) in [7, 11) is -2.58. The Morgan fingerprint density at radius 3 is 3.00 bits per heavy atom. The van der Waals surface area contributed by atoms with Gasteiger partial charge in [0.2, 0.25) is 5.88 Å². The second-order valence-electron chi connectivity index (χ2n) is 1.62. The van der Waals surface area contributed by atoms with Gasteiger partial charge in [0.25, 0.3) is 5.24 Å². The predicted molar refractivity (Wildman–Crippen MR) is 38.8 cm³/mol. The van der Waals surface area contributed by atoms with Gasteiger partial charge in [-0.1, -0.05) is 0 Å². The molecule has 1 aromatic heterocycles. The molecule has 0 amide bonds. The van der Waals surface area contributed by atoms with Crippen LogP contribution in [-0.2, 0) is 0 Å². The van der Waals surface area contributed by atoms with Crippen molar-refractivity contribution in [1.29, 1.82) is 0 Å². The van der Waals surface area contributed by atoms with Gasteiger partial charge in [0, 0.05) is 0 Å². The number of carbonyl (C=O) groups is 1. The average molecular weight is 176 g/mol. The Bertz CT molecular complexity index is 338. The normalized spacial score (nSPS) is 14.5. The molecule has 1 aromatic rings. The Kier molecular flexibility index (Phi) is 1.40. The van der Waals surface area contributed by atoms with Crippen LogP contribution in [0.2, 0.25) is 0 Å². The summed E-state index contributed by atoms with van der Waals surface area (Å²) >= 11 is 5.10. The minimum absolute atomic E-state index is 0.0652. The Morgan fingerprint density at radius 1 is 1.73 bits per heavy atom. The second kappa shape index (κ2) is 3.30. The van der Waals surface area contributed by atoms with Crippen LogP contribution >= 0.6 is 11.6 Å². The molecular formula is C6H5ClN2O2. The third kappa shape index (κ3) is 1.88. The summed E-state index contributed by atoms with van der Waals surface area (Å²) in [6.07, 6.45) is 2.05. The van der Waals surface area contributed by atoms with Gasteiger partial charge < -0.3 is 4.74 Å². The molecule has 0 spiro atoms. The number of ether oxygens (including phenoxy) is 1. The van der Waals surface area contributed by atoms with Crippen molar-refractivity contribution < 1.29 is 13.6 Å². The molecule has 58 valence electrons. The Morgan fingerprint density at radius 2 is 2.55 bits per heavy atom. The molecule has 0 aliphatic heterocycles. The van der Waals surface area contributed by atoms with Crippen molar-refractivity contribution >= 4 is 16.8 Å². The highest BCUT2D eigenvalue weighted by Gasteiger charge is 2.02. The number of nitrogens with zero attached hydrogens (tertiary/aromatic N) is 2. The van der Waals surface area contributed by atoms with Crippen molar-refractivity contribution in [1.82, 2.24) is 9.97 Å². The molecule has 0 saturated heterocycles. The second-order valence-corrected chi connectivity index (χ2v) is 1.96. The smallest absolute Gasteiger partial charge is 0.272 e. The number of rotatable bonds is 2. The fourth-order valence-electron chi connectivity index (χ4n) is 0.470.